The third-order valence-corrected chi connectivity index (χ3v) is 9.66. The Morgan fingerprint density at radius 3 is 2.50 bits per heavy atom. The topological polar surface area (TPSA) is 140 Å². The Bertz CT molecular complexity index is 1380. The van der Waals surface area contributed by atoms with Crippen molar-refractivity contribution >= 4 is 37.1 Å². The first-order valence-electron chi connectivity index (χ1n) is 8.84. The average Bonchev–Trinajstić information content (AvgIpc) is 3.13. The van der Waals surface area contributed by atoms with Crippen LogP contribution >= 0.6 is 11.6 Å². The van der Waals surface area contributed by atoms with E-state index in [1.165, 1.54) is 6.07 Å². The lowest BCUT2D eigenvalue weighted by Gasteiger charge is -2.26. The monoisotopic (exact) mass is 499 g/mol. The molecule has 0 radical (unpaired) electrons. The van der Waals surface area contributed by atoms with Gasteiger partial charge in [-0.05, 0) is 24.3 Å². The molecule has 0 amide bonds. The molecule has 3 rings (SSSR count). The summed E-state index contributed by atoms with van der Waals surface area (Å²) < 4.78 is 67.1. The van der Waals surface area contributed by atoms with E-state index in [-0.39, 0.29) is 10.6 Å². The molecule has 9 nitrogen and oxygen atoms in total. The molecular weight excluding hydrogens is 485 g/mol. The molecule has 2 aromatic rings. The third kappa shape index (κ3) is 3.97. The normalized spacial score (nSPS) is 21.8. The lowest BCUT2D eigenvalue weighted by atomic mass is 10.1. The summed E-state index contributed by atoms with van der Waals surface area (Å²) in [5.41, 5.74) is -2.69. The highest BCUT2D eigenvalue weighted by Gasteiger charge is 2.55. The van der Waals surface area contributed by atoms with Crippen molar-refractivity contribution < 1.29 is 31.4 Å². The summed E-state index contributed by atoms with van der Waals surface area (Å²) in [6.45, 7) is 4.25. The molecule has 1 aliphatic heterocycles. The Morgan fingerprint density at radius 1 is 1.28 bits per heavy atom. The summed E-state index contributed by atoms with van der Waals surface area (Å²) in [7, 11) is -8.96. The summed E-state index contributed by atoms with van der Waals surface area (Å²) in [4.78, 5) is 1.92. The van der Waals surface area contributed by atoms with Crippen molar-refractivity contribution in [3.05, 3.63) is 64.2 Å². The standard InChI is InChI=1S/C19H15ClFN3O6S2/c1-23-16-4-3-13(7-15(16)21)31(27,28)18-9-24(10-19(18,26)11-25)32(29,30)17-5-2-12(8-22)6-14(17)20/h2-7,18,25-26H,9-11H2/t18-,19+/m0/s1. The zero-order chi connectivity index (χ0) is 23.9. The van der Waals surface area contributed by atoms with Crippen LogP contribution in [0.5, 0.6) is 0 Å². The summed E-state index contributed by atoms with van der Waals surface area (Å²) in [6, 6.07) is 7.74. The third-order valence-electron chi connectivity index (χ3n) is 5.11. The van der Waals surface area contributed by atoms with Crippen LogP contribution in [0.2, 0.25) is 5.02 Å². The van der Waals surface area contributed by atoms with Gasteiger partial charge in [0.15, 0.2) is 9.84 Å². The maximum Gasteiger partial charge on any atom is 0.244 e. The van der Waals surface area contributed by atoms with Gasteiger partial charge in [-0.15, -0.1) is 0 Å². The first-order chi connectivity index (χ1) is 14.9. The summed E-state index contributed by atoms with van der Waals surface area (Å²) in [6.07, 6.45) is 0. The van der Waals surface area contributed by atoms with Gasteiger partial charge in [0.2, 0.25) is 15.7 Å². The van der Waals surface area contributed by atoms with Crippen LogP contribution in [0.1, 0.15) is 5.56 Å². The number of benzene rings is 2. The number of hydrogen-bond acceptors (Lipinski definition) is 7. The molecule has 0 spiro atoms. The minimum absolute atomic E-state index is 0.104. The van der Waals surface area contributed by atoms with Crippen molar-refractivity contribution in [1.82, 2.24) is 4.31 Å². The minimum atomic E-state index is -4.54. The molecule has 2 atom stereocenters. The van der Waals surface area contributed by atoms with E-state index in [1.807, 2.05) is 0 Å². The van der Waals surface area contributed by atoms with Crippen LogP contribution in [0.25, 0.3) is 4.85 Å². The second-order valence-electron chi connectivity index (χ2n) is 7.07. The van der Waals surface area contributed by atoms with Crippen LogP contribution in [-0.2, 0) is 19.9 Å². The van der Waals surface area contributed by atoms with Gasteiger partial charge in [-0.1, -0.05) is 23.7 Å². The molecule has 168 valence electrons. The maximum absolute atomic E-state index is 14.0. The zero-order valence-corrected chi connectivity index (χ0v) is 18.5. The fraction of sp³-hybridized carbons (Fsp3) is 0.263. The van der Waals surface area contributed by atoms with Gasteiger partial charge in [-0.3, -0.25) is 0 Å². The van der Waals surface area contributed by atoms with Crippen LogP contribution in [0.3, 0.4) is 0 Å². The maximum atomic E-state index is 14.0. The number of rotatable bonds is 5. The number of sulfone groups is 1. The predicted octanol–water partition coefficient (Wildman–Crippen LogP) is 1.47. The molecule has 1 saturated heterocycles. The van der Waals surface area contributed by atoms with Crippen LogP contribution in [0, 0.1) is 23.7 Å². The molecule has 13 heteroatoms. The van der Waals surface area contributed by atoms with Crippen LogP contribution < -0.4 is 0 Å². The first kappa shape index (κ1) is 24.1. The number of hydrogen-bond donors (Lipinski definition) is 2. The number of halogens is 2. The Balaban J connectivity index is 2.04. The number of nitriles is 1. The molecule has 2 aromatic carbocycles. The molecule has 0 aromatic heterocycles. The van der Waals surface area contributed by atoms with E-state index in [9.17, 15) is 31.4 Å². The lowest BCUT2D eigenvalue weighted by Crippen LogP contribution is -2.49. The Labute approximate surface area is 188 Å². The molecule has 0 saturated carbocycles. The van der Waals surface area contributed by atoms with Crippen molar-refractivity contribution in [2.75, 3.05) is 19.7 Å². The van der Waals surface area contributed by atoms with Gasteiger partial charge >= 0.3 is 0 Å². The molecule has 0 unspecified atom stereocenters. The molecule has 1 fully saturated rings. The van der Waals surface area contributed by atoms with E-state index in [1.54, 1.807) is 6.07 Å². The highest BCUT2D eigenvalue weighted by atomic mass is 35.5. The van der Waals surface area contributed by atoms with Crippen molar-refractivity contribution in [3.8, 4) is 6.07 Å². The Kier molecular flexibility index (Phi) is 6.32. The van der Waals surface area contributed by atoms with E-state index in [0.717, 1.165) is 24.3 Å². The molecule has 0 aliphatic carbocycles. The van der Waals surface area contributed by atoms with Crippen molar-refractivity contribution in [3.63, 3.8) is 0 Å². The Hall–Kier alpha value is -2.58. The fourth-order valence-electron chi connectivity index (χ4n) is 3.39. The number of aliphatic hydroxyl groups is 2. The molecule has 32 heavy (non-hydrogen) atoms. The van der Waals surface area contributed by atoms with Gasteiger partial charge in [-0.25, -0.2) is 26.1 Å². The minimum Gasteiger partial charge on any atom is -0.393 e. The predicted molar refractivity (Wildman–Crippen MR) is 111 cm³/mol. The quantitative estimate of drug-likeness (QED) is 0.593. The summed E-state index contributed by atoms with van der Waals surface area (Å²) in [5, 5.41) is 27.3. The number of β-amino-alcohol motifs (C(OH)–C–C–N with tert-alkyl or cyclic N) is 1. The lowest BCUT2D eigenvalue weighted by molar-refractivity contribution is 0.00159. The van der Waals surface area contributed by atoms with E-state index >= 15 is 0 Å². The Morgan fingerprint density at radius 2 is 1.97 bits per heavy atom. The van der Waals surface area contributed by atoms with E-state index in [0.29, 0.717) is 10.4 Å². The van der Waals surface area contributed by atoms with E-state index in [4.69, 9.17) is 23.4 Å². The SMILES string of the molecule is [C-]#[N+]c1ccc(S(=O)(=O)[C@H]2CN(S(=O)(=O)c3ccc(C#N)cc3Cl)C[C@@]2(O)CO)cc1F. The first-order valence-corrected chi connectivity index (χ1v) is 12.2. The summed E-state index contributed by atoms with van der Waals surface area (Å²) in [5.74, 6) is -1.10. The van der Waals surface area contributed by atoms with Crippen molar-refractivity contribution in [1.29, 1.82) is 5.26 Å². The van der Waals surface area contributed by atoms with Crippen LogP contribution in [0.4, 0.5) is 10.1 Å². The zero-order valence-electron chi connectivity index (χ0n) is 16.1. The highest BCUT2D eigenvalue weighted by molar-refractivity contribution is 7.92. The van der Waals surface area contributed by atoms with Crippen LogP contribution in [-0.4, -0.2) is 61.9 Å². The van der Waals surface area contributed by atoms with E-state index < -0.39 is 71.7 Å². The molecule has 0 bridgehead atoms. The van der Waals surface area contributed by atoms with Gasteiger partial charge in [-0.2, -0.15) is 9.57 Å². The van der Waals surface area contributed by atoms with E-state index in [2.05, 4.69) is 4.85 Å². The highest BCUT2D eigenvalue weighted by Crippen LogP contribution is 2.36. The van der Waals surface area contributed by atoms with Gasteiger partial charge in [0.1, 0.15) is 21.6 Å². The van der Waals surface area contributed by atoms with Gasteiger partial charge in [0, 0.05) is 13.1 Å². The van der Waals surface area contributed by atoms with Gasteiger partial charge in [0.25, 0.3) is 0 Å². The number of sulfonamides is 1. The largest absolute Gasteiger partial charge is 0.393 e. The van der Waals surface area contributed by atoms with Crippen molar-refractivity contribution in [2.24, 2.45) is 0 Å². The van der Waals surface area contributed by atoms with Crippen LogP contribution in [0.15, 0.2) is 46.2 Å². The fourth-order valence-corrected chi connectivity index (χ4v) is 7.47. The summed E-state index contributed by atoms with van der Waals surface area (Å²) >= 11 is 5.99. The number of nitrogens with zero attached hydrogens (tertiary/aromatic N) is 3. The molecule has 1 aliphatic rings. The second-order valence-corrected chi connectivity index (χ2v) is 11.5. The van der Waals surface area contributed by atoms with Gasteiger partial charge < -0.3 is 10.2 Å². The average molecular weight is 500 g/mol. The second kappa shape index (κ2) is 8.41. The molecular formula is C19H15ClFN3O6S2. The number of aliphatic hydroxyl groups excluding tert-OH is 1. The van der Waals surface area contributed by atoms with Gasteiger partial charge in [0.05, 0.1) is 34.7 Å². The molecule has 1 heterocycles. The molecule has 2 N–H and O–H groups in total. The smallest absolute Gasteiger partial charge is 0.244 e. The van der Waals surface area contributed by atoms with Crippen molar-refractivity contribution in [2.45, 2.75) is 20.6 Å².